The molecule has 2 aliphatic heterocycles. The first-order valence-electron chi connectivity index (χ1n) is 9.23. The van der Waals surface area contributed by atoms with Crippen LogP contribution in [0, 0.1) is 0 Å². The normalized spacial score (nSPS) is 21.4. The predicted molar refractivity (Wildman–Crippen MR) is 111 cm³/mol. The molecule has 0 fully saturated rings. The Labute approximate surface area is 172 Å². The van der Waals surface area contributed by atoms with Crippen molar-refractivity contribution < 1.29 is 18.9 Å². The van der Waals surface area contributed by atoms with Crippen molar-refractivity contribution in [3.05, 3.63) is 53.5 Å². The van der Waals surface area contributed by atoms with Gasteiger partial charge in [-0.05, 0) is 36.7 Å². The van der Waals surface area contributed by atoms with Crippen LogP contribution in [-0.4, -0.2) is 52.2 Å². The highest BCUT2D eigenvalue weighted by atomic mass is 32.2. The molecular formula is C21H23N3O4S. The number of carbonyl (C=O) groups is 2. The van der Waals surface area contributed by atoms with Crippen LogP contribution in [0.15, 0.2) is 41.6 Å². The van der Waals surface area contributed by atoms with Crippen molar-refractivity contribution in [2.24, 2.45) is 0 Å². The number of likely N-dealkylation sites (N-methyl/N-ethyl adjacent to an activating group) is 1. The van der Waals surface area contributed by atoms with Gasteiger partial charge in [0, 0.05) is 50.1 Å². The summed E-state index contributed by atoms with van der Waals surface area (Å²) in [7, 11) is 3.39. The van der Waals surface area contributed by atoms with Gasteiger partial charge in [0.1, 0.15) is 17.7 Å². The van der Waals surface area contributed by atoms with E-state index in [0.29, 0.717) is 22.0 Å². The lowest BCUT2D eigenvalue weighted by atomic mass is 9.89. The van der Waals surface area contributed by atoms with E-state index in [0.717, 1.165) is 11.1 Å². The Bertz CT molecular complexity index is 1040. The van der Waals surface area contributed by atoms with Gasteiger partial charge in [0.05, 0.1) is 5.69 Å². The number of carbonyl (C=O) groups excluding carboxylic acids is 2. The van der Waals surface area contributed by atoms with Gasteiger partial charge in [-0.15, -0.1) is 0 Å². The van der Waals surface area contributed by atoms with Crippen molar-refractivity contribution in [3.63, 3.8) is 0 Å². The number of aromatic nitrogens is 1. The fourth-order valence-electron chi connectivity index (χ4n) is 3.84. The van der Waals surface area contributed by atoms with Gasteiger partial charge >= 0.3 is 0 Å². The van der Waals surface area contributed by atoms with Gasteiger partial charge in [-0.1, -0.05) is 6.08 Å². The summed E-state index contributed by atoms with van der Waals surface area (Å²) in [6, 6.07) is 5.44. The maximum Gasteiger partial charge on any atom is 0.274 e. The van der Waals surface area contributed by atoms with E-state index in [1.807, 2.05) is 18.2 Å². The molecule has 8 heteroatoms. The molecule has 0 saturated heterocycles. The highest BCUT2D eigenvalue weighted by Crippen LogP contribution is 2.46. The molecule has 1 aromatic carbocycles. The first-order chi connectivity index (χ1) is 13.6. The number of hydrogen-bond donors (Lipinski definition) is 1. The van der Waals surface area contributed by atoms with Crippen LogP contribution < -0.4 is 9.64 Å². The number of hydrogen-bond acceptors (Lipinski definition) is 4. The van der Waals surface area contributed by atoms with Crippen LogP contribution in [0.1, 0.15) is 41.4 Å². The minimum Gasteiger partial charge on any atom is -0.612 e. The fraction of sp³-hybridized carbons (Fsp3) is 0.333. The fourth-order valence-corrected chi connectivity index (χ4v) is 4.41. The average Bonchev–Trinajstić information content (AvgIpc) is 3.11. The van der Waals surface area contributed by atoms with Crippen molar-refractivity contribution in [1.82, 2.24) is 9.88 Å². The van der Waals surface area contributed by atoms with Crippen LogP contribution in [0.5, 0.6) is 5.75 Å². The second kappa shape index (κ2) is 6.67. The van der Waals surface area contributed by atoms with Gasteiger partial charge in [-0.25, -0.2) is 0 Å². The quantitative estimate of drug-likeness (QED) is 0.767. The molecule has 2 atom stereocenters. The molecule has 29 heavy (non-hydrogen) atoms. The molecule has 0 spiro atoms. The minimum absolute atomic E-state index is 0.138. The molecule has 4 rings (SSSR count). The Morgan fingerprint density at radius 2 is 1.93 bits per heavy atom. The Balaban J connectivity index is 1.99. The van der Waals surface area contributed by atoms with Gasteiger partial charge in [-0.3, -0.25) is 9.59 Å². The van der Waals surface area contributed by atoms with Crippen LogP contribution in [0.3, 0.4) is 0 Å². The number of nitrogens with zero attached hydrogens (tertiary/aromatic N) is 2. The van der Waals surface area contributed by atoms with E-state index in [-0.39, 0.29) is 17.7 Å². The molecule has 1 N–H and O–H groups in total. The predicted octanol–water partition coefficient (Wildman–Crippen LogP) is 2.62. The minimum atomic E-state index is -1.26. The smallest absolute Gasteiger partial charge is 0.274 e. The number of aromatic amines is 1. The first-order valence-corrected chi connectivity index (χ1v) is 10.8. The first kappa shape index (κ1) is 19.6. The third-order valence-electron chi connectivity index (χ3n) is 5.43. The van der Waals surface area contributed by atoms with Crippen molar-refractivity contribution in [3.8, 4) is 5.75 Å². The monoisotopic (exact) mass is 413 g/mol. The summed E-state index contributed by atoms with van der Waals surface area (Å²) < 4.78 is 18.5. The molecule has 2 aromatic rings. The van der Waals surface area contributed by atoms with E-state index in [1.54, 1.807) is 57.6 Å². The highest BCUT2D eigenvalue weighted by Gasteiger charge is 2.42. The van der Waals surface area contributed by atoms with Gasteiger partial charge in [0.25, 0.3) is 11.8 Å². The third-order valence-corrected chi connectivity index (χ3v) is 6.33. The highest BCUT2D eigenvalue weighted by molar-refractivity contribution is 7.90. The number of ether oxygens (including phenoxy) is 1. The van der Waals surface area contributed by atoms with Crippen LogP contribution in [0.25, 0.3) is 0 Å². The summed E-state index contributed by atoms with van der Waals surface area (Å²) in [5.41, 5.74) is 1.61. The number of rotatable bonds is 2. The maximum atomic E-state index is 12.7. The molecule has 0 radical (unpaired) electrons. The second-order valence-electron chi connectivity index (χ2n) is 7.83. The summed E-state index contributed by atoms with van der Waals surface area (Å²) in [4.78, 5) is 32.1. The van der Waals surface area contributed by atoms with E-state index < -0.39 is 16.8 Å². The van der Waals surface area contributed by atoms with Crippen LogP contribution in [0.4, 0.5) is 5.69 Å². The standard InChI is InChI=1S/C21H23N3O4S/c1-21(2)20(26)24(4)16-11-12(29(5)27)10-15(18(16)28-21)13-7-9-23(3)19(25)17-14(13)6-8-22-17/h6-11,13,22H,1-5H3. The number of benzene rings is 1. The number of anilines is 1. The van der Waals surface area contributed by atoms with Crippen LogP contribution in [-0.2, 0) is 16.0 Å². The Morgan fingerprint density at radius 1 is 1.21 bits per heavy atom. The molecule has 1 aromatic heterocycles. The Morgan fingerprint density at radius 3 is 2.62 bits per heavy atom. The SMILES string of the molecule is CN1C=CC(c2cc([S+](C)[O-])cc3c2OC(C)(C)C(=O)N3C)c2cc[nH]c2C1=O. The lowest BCUT2D eigenvalue weighted by Crippen LogP contribution is -2.51. The van der Waals surface area contributed by atoms with E-state index in [2.05, 4.69) is 4.98 Å². The van der Waals surface area contributed by atoms with E-state index >= 15 is 0 Å². The van der Waals surface area contributed by atoms with E-state index in [1.165, 1.54) is 4.90 Å². The Kier molecular flexibility index (Phi) is 4.51. The van der Waals surface area contributed by atoms with Crippen LogP contribution in [0.2, 0.25) is 0 Å². The Hall–Kier alpha value is -2.71. The summed E-state index contributed by atoms with van der Waals surface area (Å²) in [6.07, 6.45) is 6.98. The summed E-state index contributed by atoms with van der Waals surface area (Å²) in [5.74, 6) is -0.0603. The molecular weight excluding hydrogens is 390 g/mol. The molecule has 0 bridgehead atoms. The second-order valence-corrected chi connectivity index (χ2v) is 9.21. The molecule has 3 heterocycles. The number of nitrogens with one attached hydrogen (secondary N) is 1. The average molecular weight is 413 g/mol. The van der Waals surface area contributed by atoms with Crippen molar-refractivity contribution in [2.45, 2.75) is 30.3 Å². The zero-order chi connectivity index (χ0) is 21.1. The van der Waals surface area contributed by atoms with E-state index in [4.69, 9.17) is 4.74 Å². The molecule has 0 saturated carbocycles. The van der Waals surface area contributed by atoms with Crippen LogP contribution >= 0.6 is 0 Å². The molecule has 7 nitrogen and oxygen atoms in total. The zero-order valence-electron chi connectivity index (χ0n) is 17.0. The number of allylic oxidation sites excluding steroid dienone is 1. The number of fused-ring (bicyclic) bond motifs is 2. The van der Waals surface area contributed by atoms with E-state index in [9.17, 15) is 14.1 Å². The third kappa shape index (κ3) is 3.03. The van der Waals surface area contributed by atoms with Gasteiger partial charge in [0.2, 0.25) is 0 Å². The van der Waals surface area contributed by atoms with Gasteiger partial charge in [0.15, 0.2) is 10.5 Å². The summed E-state index contributed by atoms with van der Waals surface area (Å²) in [6.45, 7) is 3.46. The molecule has 2 aliphatic rings. The summed E-state index contributed by atoms with van der Waals surface area (Å²) in [5, 5.41) is 0. The van der Waals surface area contributed by atoms with Crippen molar-refractivity contribution >= 4 is 28.7 Å². The van der Waals surface area contributed by atoms with Crippen molar-refractivity contribution in [1.29, 1.82) is 0 Å². The molecule has 0 aliphatic carbocycles. The molecule has 2 unspecified atom stereocenters. The van der Waals surface area contributed by atoms with Crippen molar-refractivity contribution in [2.75, 3.05) is 25.3 Å². The lowest BCUT2D eigenvalue weighted by Gasteiger charge is -2.38. The van der Waals surface area contributed by atoms with Gasteiger partial charge in [-0.2, -0.15) is 0 Å². The largest absolute Gasteiger partial charge is 0.612 e. The lowest BCUT2D eigenvalue weighted by molar-refractivity contribution is -0.132. The molecule has 152 valence electrons. The topological polar surface area (TPSA) is 88.7 Å². The molecule has 2 amide bonds. The summed E-state index contributed by atoms with van der Waals surface area (Å²) >= 11 is -1.26. The maximum absolute atomic E-state index is 12.7. The zero-order valence-corrected chi connectivity index (χ0v) is 17.8. The van der Waals surface area contributed by atoms with Gasteiger partial charge < -0.3 is 24.1 Å². The number of H-pyrrole nitrogens is 1. The number of amides is 2.